The second-order valence-electron chi connectivity index (χ2n) is 9.55. The summed E-state index contributed by atoms with van der Waals surface area (Å²) in [5.74, 6) is -2.87. The van der Waals surface area contributed by atoms with Gasteiger partial charge in [0.1, 0.15) is 23.5 Å². The highest BCUT2D eigenvalue weighted by Crippen LogP contribution is 2.09. The summed E-state index contributed by atoms with van der Waals surface area (Å²) in [5.41, 5.74) is 6.67. The first-order valence-corrected chi connectivity index (χ1v) is 12.2. The summed E-state index contributed by atoms with van der Waals surface area (Å²) in [4.78, 5) is 60.4. The first kappa shape index (κ1) is 28.1. The van der Waals surface area contributed by atoms with Gasteiger partial charge < -0.3 is 10.6 Å². The van der Waals surface area contributed by atoms with Crippen LogP contribution in [-0.2, 0) is 9.59 Å². The Kier molecular flexibility index (Phi) is 9.00. The van der Waals surface area contributed by atoms with E-state index in [4.69, 9.17) is 0 Å². The molecule has 1 aliphatic rings. The van der Waals surface area contributed by atoms with Crippen LogP contribution >= 0.6 is 0 Å². The van der Waals surface area contributed by atoms with Crippen LogP contribution in [-0.4, -0.2) is 57.1 Å². The second-order valence-corrected chi connectivity index (χ2v) is 9.55. The maximum atomic E-state index is 12.9. The Morgan fingerprint density at radius 2 is 0.947 bits per heavy atom. The van der Waals surface area contributed by atoms with Gasteiger partial charge in [0.15, 0.2) is 0 Å². The molecule has 0 spiro atoms. The fourth-order valence-electron chi connectivity index (χ4n) is 3.56. The molecule has 12 heteroatoms. The van der Waals surface area contributed by atoms with E-state index < -0.39 is 35.7 Å². The van der Waals surface area contributed by atoms with Crippen molar-refractivity contribution in [1.29, 1.82) is 0 Å². The fraction of sp³-hybridized carbons (Fsp3) is 0.385. The lowest BCUT2D eigenvalue weighted by molar-refractivity contribution is -0.124. The first-order chi connectivity index (χ1) is 18.0. The molecule has 4 N–H and O–H groups in total. The van der Waals surface area contributed by atoms with Gasteiger partial charge in [0, 0.05) is 0 Å². The molecule has 200 valence electrons. The number of rotatable bonds is 2. The van der Waals surface area contributed by atoms with Crippen LogP contribution in [0.5, 0.6) is 0 Å². The quantitative estimate of drug-likeness (QED) is 0.467. The van der Waals surface area contributed by atoms with E-state index in [0.717, 1.165) is 0 Å². The summed E-state index contributed by atoms with van der Waals surface area (Å²) in [5, 5.41) is 13.6. The third kappa shape index (κ3) is 6.84. The molecule has 2 atom stereocenters. The van der Waals surface area contributed by atoms with Crippen molar-refractivity contribution in [3.63, 3.8) is 0 Å². The van der Waals surface area contributed by atoms with Crippen molar-refractivity contribution in [2.24, 2.45) is 22.0 Å². The summed E-state index contributed by atoms with van der Waals surface area (Å²) < 4.78 is 0. The van der Waals surface area contributed by atoms with Gasteiger partial charge >= 0.3 is 0 Å². The maximum Gasteiger partial charge on any atom is 0.270 e. The van der Waals surface area contributed by atoms with E-state index in [9.17, 15) is 19.2 Å². The van der Waals surface area contributed by atoms with Crippen molar-refractivity contribution in [3.05, 3.63) is 59.2 Å². The minimum absolute atomic E-state index is 0.0584. The Balaban J connectivity index is 2.05. The van der Waals surface area contributed by atoms with Crippen molar-refractivity contribution < 1.29 is 19.2 Å². The monoisotopic (exact) mass is 520 g/mol. The third-order valence-corrected chi connectivity index (χ3v) is 5.84. The molecule has 2 aromatic heterocycles. The number of pyridine rings is 2. The lowest BCUT2D eigenvalue weighted by Gasteiger charge is -2.21. The highest BCUT2D eigenvalue weighted by atomic mass is 16.2. The first-order valence-electron chi connectivity index (χ1n) is 12.2. The van der Waals surface area contributed by atoms with Gasteiger partial charge in [-0.25, -0.2) is 20.8 Å². The lowest BCUT2D eigenvalue weighted by atomic mass is 10.0. The van der Waals surface area contributed by atoms with Crippen LogP contribution in [0, 0.1) is 11.8 Å². The minimum atomic E-state index is -0.924. The van der Waals surface area contributed by atoms with Crippen molar-refractivity contribution in [2.75, 3.05) is 0 Å². The number of hydrogen-bond acceptors (Lipinski definition) is 8. The van der Waals surface area contributed by atoms with E-state index in [-0.39, 0.29) is 23.2 Å². The zero-order valence-corrected chi connectivity index (χ0v) is 22.2. The van der Waals surface area contributed by atoms with Gasteiger partial charge in [0.05, 0.1) is 22.8 Å². The van der Waals surface area contributed by atoms with Crippen molar-refractivity contribution in [1.82, 2.24) is 31.5 Å². The summed E-state index contributed by atoms with van der Waals surface area (Å²) in [6.07, 6.45) is 0. The number of carbonyl (C=O) groups excluding carboxylic acids is 4. The molecule has 0 saturated carbocycles. The molecule has 0 radical (unpaired) electrons. The average molecular weight is 521 g/mol. The number of fused-ring (bicyclic) bond motifs is 4. The standard InChI is InChI=1S/C26H32N8O4/c1-13(2)21-25(37)33-31-15(5)17-9-7-10-18(27-17)16(6)32-34-26(38)22(14(3)4)30-24(36)20-12-8-11-19(28-20)23(35)29-21/h7-14,21-22H,1-6H3,(H,29,35)(H,30,36)(H,33,37)(H,34,38)/b31-15+,32-16+/t21-,22-/m0/s1. The van der Waals surface area contributed by atoms with E-state index in [0.29, 0.717) is 22.8 Å². The van der Waals surface area contributed by atoms with E-state index in [2.05, 4.69) is 41.7 Å². The van der Waals surface area contributed by atoms with Gasteiger partial charge in [-0.1, -0.05) is 39.8 Å². The molecular formula is C26H32N8O4. The summed E-state index contributed by atoms with van der Waals surface area (Å²) in [6.45, 7) is 10.5. The van der Waals surface area contributed by atoms with E-state index in [1.54, 1.807) is 59.7 Å². The Bertz CT molecular complexity index is 1210. The van der Waals surface area contributed by atoms with Crippen LogP contribution in [0.25, 0.3) is 0 Å². The number of nitrogens with one attached hydrogen (secondary N) is 4. The van der Waals surface area contributed by atoms with E-state index in [1.807, 2.05) is 0 Å². The predicted octanol–water partition coefficient (Wildman–Crippen LogP) is 1.38. The largest absolute Gasteiger partial charge is 0.339 e. The molecule has 0 aliphatic carbocycles. The van der Waals surface area contributed by atoms with Crippen LogP contribution in [0.1, 0.15) is 73.9 Å². The molecule has 3 rings (SSSR count). The summed E-state index contributed by atoms with van der Waals surface area (Å²) in [7, 11) is 0. The second kappa shape index (κ2) is 12.2. The zero-order chi connectivity index (χ0) is 28.0. The van der Waals surface area contributed by atoms with Crippen molar-refractivity contribution in [2.45, 2.75) is 53.6 Å². The van der Waals surface area contributed by atoms with Gasteiger partial charge in [-0.15, -0.1) is 0 Å². The summed E-state index contributed by atoms with van der Waals surface area (Å²) in [6, 6.07) is 7.70. The molecule has 0 aromatic carbocycles. The number of carbonyl (C=O) groups is 4. The molecule has 1 aliphatic heterocycles. The molecule has 3 heterocycles. The Morgan fingerprint density at radius 1 is 0.605 bits per heavy atom. The molecule has 0 unspecified atom stereocenters. The Hall–Kier alpha value is -4.48. The van der Waals surface area contributed by atoms with Crippen LogP contribution in [0.2, 0.25) is 0 Å². The van der Waals surface area contributed by atoms with Gasteiger partial charge in [0.25, 0.3) is 23.6 Å². The summed E-state index contributed by atoms with van der Waals surface area (Å²) >= 11 is 0. The normalized spacial score (nSPS) is 22.3. The van der Waals surface area contributed by atoms with Crippen LogP contribution < -0.4 is 21.5 Å². The fourth-order valence-corrected chi connectivity index (χ4v) is 3.56. The van der Waals surface area contributed by atoms with E-state index >= 15 is 0 Å². The Labute approximate surface area is 220 Å². The average Bonchev–Trinajstić information content (AvgIpc) is 2.90. The molecule has 0 saturated heterocycles. The maximum absolute atomic E-state index is 12.9. The van der Waals surface area contributed by atoms with Crippen molar-refractivity contribution in [3.8, 4) is 0 Å². The molecular weight excluding hydrogens is 488 g/mol. The SMILES string of the molecule is C/C1=N\NC(=O)[C@H](C(C)C)NC(=O)c2cccc(n2)C(=O)N[C@@H](C(C)C)C(=O)N/N=C(\C)c2cccc1n2. The van der Waals surface area contributed by atoms with Gasteiger partial charge in [-0.05, 0) is 49.9 Å². The van der Waals surface area contributed by atoms with Crippen LogP contribution in [0.3, 0.4) is 0 Å². The number of nitrogens with zero attached hydrogens (tertiary/aromatic N) is 4. The number of amides is 4. The zero-order valence-electron chi connectivity index (χ0n) is 22.2. The van der Waals surface area contributed by atoms with Gasteiger partial charge in [-0.3, -0.25) is 19.2 Å². The third-order valence-electron chi connectivity index (χ3n) is 5.84. The van der Waals surface area contributed by atoms with E-state index in [1.165, 1.54) is 18.2 Å². The molecule has 2 aromatic rings. The highest BCUT2D eigenvalue weighted by molar-refractivity contribution is 6.02. The lowest BCUT2D eigenvalue weighted by Crippen LogP contribution is -2.49. The van der Waals surface area contributed by atoms with Gasteiger partial charge in [-0.2, -0.15) is 10.2 Å². The van der Waals surface area contributed by atoms with Crippen molar-refractivity contribution >= 4 is 35.1 Å². The van der Waals surface area contributed by atoms with Crippen LogP contribution in [0.4, 0.5) is 0 Å². The Morgan fingerprint density at radius 3 is 1.32 bits per heavy atom. The smallest absolute Gasteiger partial charge is 0.270 e. The molecule has 38 heavy (non-hydrogen) atoms. The molecule has 0 fully saturated rings. The molecule has 12 nitrogen and oxygen atoms in total. The highest BCUT2D eigenvalue weighted by Gasteiger charge is 2.27. The molecule has 4 bridgehead atoms. The minimum Gasteiger partial charge on any atom is -0.339 e. The van der Waals surface area contributed by atoms with Crippen LogP contribution in [0.15, 0.2) is 46.6 Å². The predicted molar refractivity (Wildman–Crippen MR) is 141 cm³/mol. The number of hydrogen-bond donors (Lipinski definition) is 4. The number of aromatic nitrogens is 2. The topological polar surface area (TPSA) is 167 Å². The molecule has 4 amide bonds. The van der Waals surface area contributed by atoms with Gasteiger partial charge in [0.2, 0.25) is 0 Å². The number of hydrazone groups is 2.